The number of ether oxygens (including phenoxy) is 2. The number of benzene rings is 2. The molecule has 0 spiro atoms. The van der Waals surface area contributed by atoms with Crippen LogP contribution in [0.4, 0.5) is 5.88 Å². The molecule has 1 aromatic heterocycles. The van der Waals surface area contributed by atoms with Crippen LogP contribution in [0.15, 0.2) is 76.4 Å². The van der Waals surface area contributed by atoms with Crippen molar-refractivity contribution in [1.29, 1.82) is 0 Å². The van der Waals surface area contributed by atoms with Gasteiger partial charge in [-0.1, -0.05) is 30.3 Å². The van der Waals surface area contributed by atoms with Gasteiger partial charge in [0, 0.05) is 25.3 Å². The monoisotopic (exact) mass is 757 g/mol. The highest BCUT2D eigenvalue weighted by molar-refractivity contribution is 7.90. The number of nitrogens with zero attached hydrogens (tertiary/aromatic N) is 3. The molecule has 1 unspecified atom stereocenters. The first-order valence-electron chi connectivity index (χ1n) is 16.3. The topological polar surface area (TPSA) is 204 Å². The third-order valence-corrected chi connectivity index (χ3v) is 10.3. The fraction of sp³-hybridized carbons (Fsp3) is 0.371. The Kier molecular flexibility index (Phi) is 11.9. The van der Waals surface area contributed by atoms with Gasteiger partial charge < -0.3 is 23.9 Å². The van der Waals surface area contributed by atoms with E-state index in [9.17, 15) is 41.6 Å². The maximum atomic E-state index is 13.8. The number of rotatable bonds is 14. The number of sulfone groups is 2. The highest BCUT2D eigenvalue weighted by atomic mass is 32.2. The molecule has 0 aliphatic carbocycles. The van der Waals surface area contributed by atoms with Crippen LogP contribution in [0.1, 0.15) is 46.9 Å². The number of likely N-dealkylation sites (tertiary alicyclic amines) is 1. The van der Waals surface area contributed by atoms with Crippen LogP contribution < -0.4 is 0 Å². The molecule has 3 aromatic rings. The highest BCUT2D eigenvalue weighted by Gasteiger charge is 2.33. The Morgan fingerprint density at radius 1 is 0.885 bits per heavy atom. The average molecular weight is 758 g/mol. The molecule has 0 radical (unpaired) electrons. The number of furan rings is 1. The van der Waals surface area contributed by atoms with Gasteiger partial charge in [0.1, 0.15) is 29.6 Å². The van der Waals surface area contributed by atoms with Crippen LogP contribution in [0.25, 0.3) is 6.08 Å². The molecular formula is C35H39N3O12S2. The molecule has 1 saturated heterocycles. The summed E-state index contributed by atoms with van der Waals surface area (Å²) in [4.78, 5) is 42.2. The standard InChI is InChI=1S/C35H39N3O12S2/c1-51(44,45)17-15-48-34(40)30-19-26-9-10-27(39)20-29(26)33(25-7-5-24(6-8-25)21-36-13-3-4-14-36)37(22-28-11-12-32(50-28)38(42)43)23-31(30)35(41)49-16-18-52(2,46)47/h5-12,19-20,23,33,39H,3-4,13-18,21-22H2,1-2H3. The van der Waals surface area contributed by atoms with Gasteiger partial charge in [-0.15, -0.1) is 0 Å². The van der Waals surface area contributed by atoms with E-state index in [0.29, 0.717) is 16.7 Å². The van der Waals surface area contributed by atoms with Crippen molar-refractivity contribution in [3.05, 3.63) is 110 Å². The molecule has 1 fully saturated rings. The van der Waals surface area contributed by atoms with Crippen LogP contribution in [0.3, 0.4) is 0 Å². The maximum Gasteiger partial charge on any atom is 0.433 e. The van der Waals surface area contributed by atoms with Crippen molar-refractivity contribution >= 4 is 43.6 Å². The van der Waals surface area contributed by atoms with Gasteiger partial charge in [-0.25, -0.2) is 26.4 Å². The molecule has 15 nitrogen and oxygen atoms in total. The van der Waals surface area contributed by atoms with E-state index in [1.807, 2.05) is 24.3 Å². The number of esters is 2. The summed E-state index contributed by atoms with van der Waals surface area (Å²) in [5.41, 5.74) is 1.87. The van der Waals surface area contributed by atoms with Gasteiger partial charge in [-0.05, 0) is 72.5 Å². The Hall–Kier alpha value is -5.00. The minimum absolute atomic E-state index is 0.112. The normalized spacial score (nSPS) is 16.7. The summed E-state index contributed by atoms with van der Waals surface area (Å²) in [6.07, 6.45) is 6.84. The van der Waals surface area contributed by atoms with Gasteiger partial charge in [0.05, 0.1) is 41.3 Å². The fourth-order valence-electron chi connectivity index (χ4n) is 5.95. The smallest absolute Gasteiger partial charge is 0.433 e. The highest BCUT2D eigenvalue weighted by Crippen LogP contribution is 2.39. The number of phenols is 1. The fourth-order valence-corrected chi connectivity index (χ4v) is 6.72. The summed E-state index contributed by atoms with van der Waals surface area (Å²) in [6.45, 7) is 1.49. The SMILES string of the molecule is CS(=O)(=O)CCOC(=O)C1=Cc2ccc(O)cc2C(c2ccc(CN3CCCC3)cc2)N(Cc2ccc([N+](=O)[O-])o2)C=C1C(=O)OCCS(C)(=O)=O. The number of aromatic hydroxyl groups is 1. The molecule has 2 aliphatic rings. The number of carbonyl (C=O) groups excluding carboxylic acids is 2. The Balaban J connectivity index is 1.67. The molecule has 2 aromatic carbocycles. The van der Waals surface area contributed by atoms with Crippen molar-refractivity contribution in [2.24, 2.45) is 0 Å². The lowest BCUT2D eigenvalue weighted by molar-refractivity contribution is -0.402. The minimum atomic E-state index is -3.54. The Morgan fingerprint density at radius 2 is 1.50 bits per heavy atom. The number of nitro groups is 1. The second kappa shape index (κ2) is 16.1. The summed E-state index contributed by atoms with van der Waals surface area (Å²) in [5, 5.41) is 22.2. The predicted octanol–water partition coefficient (Wildman–Crippen LogP) is 3.54. The Morgan fingerprint density at radius 3 is 2.08 bits per heavy atom. The van der Waals surface area contributed by atoms with Crippen molar-refractivity contribution in [2.75, 3.05) is 50.3 Å². The van der Waals surface area contributed by atoms with E-state index in [4.69, 9.17) is 13.9 Å². The molecule has 0 amide bonds. The van der Waals surface area contributed by atoms with Crippen molar-refractivity contribution in [1.82, 2.24) is 9.80 Å². The number of phenolic OH excluding ortho intramolecular Hbond substituents is 1. The van der Waals surface area contributed by atoms with E-state index < -0.39 is 73.2 Å². The maximum absolute atomic E-state index is 13.8. The molecule has 278 valence electrons. The summed E-state index contributed by atoms with van der Waals surface area (Å²) >= 11 is 0. The van der Waals surface area contributed by atoms with Gasteiger partial charge in [0.15, 0.2) is 19.7 Å². The first-order chi connectivity index (χ1) is 24.6. The molecular weight excluding hydrogens is 719 g/mol. The second-order valence-corrected chi connectivity index (χ2v) is 17.3. The van der Waals surface area contributed by atoms with Crippen molar-refractivity contribution in [2.45, 2.75) is 32.0 Å². The van der Waals surface area contributed by atoms with Crippen molar-refractivity contribution < 1.29 is 50.3 Å². The first kappa shape index (κ1) is 38.2. The van der Waals surface area contributed by atoms with Crippen LogP contribution in [0, 0.1) is 10.1 Å². The molecule has 0 bridgehead atoms. The number of hydrogen-bond donors (Lipinski definition) is 1. The van der Waals surface area contributed by atoms with Gasteiger partial charge in [-0.2, -0.15) is 0 Å². The molecule has 1 N–H and O–H groups in total. The molecule has 52 heavy (non-hydrogen) atoms. The number of carbonyl (C=O) groups is 2. The van der Waals surface area contributed by atoms with Crippen molar-refractivity contribution in [3.8, 4) is 5.75 Å². The zero-order valence-corrected chi connectivity index (χ0v) is 30.2. The van der Waals surface area contributed by atoms with E-state index in [1.54, 1.807) is 4.90 Å². The zero-order valence-electron chi connectivity index (χ0n) is 28.6. The Bertz CT molecular complexity index is 2100. The summed E-state index contributed by atoms with van der Waals surface area (Å²) in [7, 11) is -7.07. The average Bonchev–Trinajstić information content (AvgIpc) is 3.75. The lowest BCUT2D eigenvalue weighted by Gasteiger charge is -2.34. The minimum Gasteiger partial charge on any atom is -0.508 e. The molecule has 3 heterocycles. The summed E-state index contributed by atoms with van der Waals surface area (Å²) in [5.74, 6) is -3.68. The van der Waals surface area contributed by atoms with E-state index in [1.165, 1.54) is 42.6 Å². The quantitative estimate of drug-likeness (QED) is 0.142. The van der Waals surface area contributed by atoms with E-state index in [-0.39, 0.29) is 29.2 Å². The number of hydrogen-bond acceptors (Lipinski definition) is 14. The third kappa shape index (κ3) is 10.3. The van der Waals surface area contributed by atoms with Gasteiger partial charge in [-0.3, -0.25) is 15.0 Å². The van der Waals surface area contributed by atoms with E-state index >= 15 is 0 Å². The molecule has 1 atom stereocenters. The van der Waals surface area contributed by atoms with Crippen LogP contribution in [0.2, 0.25) is 0 Å². The predicted molar refractivity (Wildman–Crippen MR) is 189 cm³/mol. The van der Waals surface area contributed by atoms with Crippen molar-refractivity contribution in [3.63, 3.8) is 0 Å². The second-order valence-electron chi connectivity index (χ2n) is 12.7. The van der Waals surface area contributed by atoms with Gasteiger partial charge >= 0.3 is 17.8 Å². The molecule has 5 rings (SSSR count). The first-order valence-corrected chi connectivity index (χ1v) is 20.4. The summed E-state index contributed by atoms with van der Waals surface area (Å²) in [6, 6.07) is 13.9. The number of fused-ring (bicyclic) bond motifs is 1. The van der Waals surface area contributed by atoms with E-state index in [0.717, 1.165) is 50.6 Å². The largest absolute Gasteiger partial charge is 0.508 e. The third-order valence-electron chi connectivity index (χ3n) is 8.46. The van der Waals surface area contributed by atoms with Crippen LogP contribution in [-0.2, 0) is 51.8 Å². The van der Waals surface area contributed by atoms with Gasteiger partial charge in [0.25, 0.3) is 0 Å². The lowest BCUT2D eigenvalue weighted by Crippen LogP contribution is -2.30. The van der Waals surface area contributed by atoms with Crippen LogP contribution in [-0.4, -0.2) is 98.9 Å². The van der Waals surface area contributed by atoms with Gasteiger partial charge in [0.2, 0.25) is 0 Å². The molecule has 17 heteroatoms. The lowest BCUT2D eigenvalue weighted by atomic mass is 9.88. The summed E-state index contributed by atoms with van der Waals surface area (Å²) < 4.78 is 63.3. The van der Waals surface area contributed by atoms with Crippen LogP contribution in [0.5, 0.6) is 5.75 Å². The molecule has 0 saturated carbocycles. The molecule has 2 aliphatic heterocycles. The zero-order chi connectivity index (χ0) is 37.6. The van der Waals surface area contributed by atoms with Crippen LogP contribution >= 0.6 is 0 Å². The Labute approximate surface area is 301 Å². The van der Waals surface area contributed by atoms with E-state index in [2.05, 4.69) is 4.90 Å².